The fourth-order valence-corrected chi connectivity index (χ4v) is 0.781. The van der Waals surface area contributed by atoms with Crippen LogP contribution in [0, 0.1) is 0 Å². The summed E-state index contributed by atoms with van der Waals surface area (Å²) >= 11 is 0. The quantitative estimate of drug-likeness (QED) is 0.171. The number of carboxylic acid groups (broad SMARTS) is 1. The molecule has 0 fully saturated rings. The second-order valence-corrected chi connectivity index (χ2v) is 2.88. The summed E-state index contributed by atoms with van der Waals surface area (Å²) in [5.41, 5.74) is 13.1. The van der Waals surface area contributed by atoms with Crippen molar-refractivity contribution in [1.82, 2.24) is 10.6 Å². The van der Waals surface area contributed by atoms with Crippen molar-refractivity contribution in [3.8, 4) is 0 Å². The molecule has 0 rings (SSSR count). The lowest BCUT2D eigenvalue weighted by Gasteiger charge is -2.08. The number of carbonyl (C=O) groups excluding carboxylic acids is 1. The molecule has 0 aliphatic carbocycles. The molecule has 0 saturated carbocycles. The predicted molar refractivity (Wildman–Crippen MR) is 55.5 cm³/mol. The van der Waals surface area contributed by atoms with Gasteiger partial charge in [-0.15, -0.1) is 0 Å². The molecule has 0 radical (unpaired) electrons. The highest BCUT2D eigenvalue weighted by atomic mass is 16.4. The topological polar surface area (TPSA) is 153 Å². The van der Waals surface area contributed by atoms with Crippen molar-refractivity contribution in [1.29, 1.82) is 0 Å². The molecule has 0 unspecified atom stereocenters. The van der Waals surface area contributed by atoms with Gasteiger partial charge < -0.3 is 21.5 Å². The zero-order valence-corrected chi connectivity index (χ0v) is 8.59. The normalized spacial score (nSPS) is 11.3. The molecule has 0 aromatic carbocycles. The largest absolute Gasteiger partial charge is 0.480 e. The summed E-state index contributed by atoms with van der Waals surface area (Å²) in [6.07, 6.45) is 0. The summed E-state index contributed by atoms with van der Waals surface area (Å²) in [4.78, 5) is 23.9. The van der Waals surface area contributed by atoms with Crippen molar-refractivity contribution in [2.75, 3.05) is 26.2 Å². The molecule has 1 atom stereocenters. The number of carbonyl (C=O) groups is 2. The Labute approximate surface area is 91.6 Å². The van der Waals surface area contributed by atoms with Crippen molar-refractivity contribution in [2.45, 2.75) is 6.04 Å². The van der Waals surface area contributed by atoms with E-state index in [0.717, 1.165) is 0 Å². The number of nitrogens with one attached hydrogen (secondary N) is 2. The number of hydrogen-bond donors (Lipinski definition) is 4. The minimum absolute atomic E-state index is 0.0130. The standard InChI is InChI=1S/C7H14N6O3/c8-5(7(15)16)3-10-4-6(14)11-1-2-12-13-9/h5,10H,1-4,8H2,(H,11,14)(H,15,16)/t5-/m0/s1. The van der Waals surface area contributed by atoms with Crippen LogP contribution >= 0.6 is 0 Å². The Bertz CT molecular complexity index is 288. The first kappa shape index (κ1) is 14.2. The highest BCUT2D eigenvalue weighted by Crippen LogP contribution is 1.75. The van der Waals surface area contributed by atoms with E-state index in [0.29, 0.717) is 0 Å². The van der Waals surface area contributed by atoms with Crippen LogP contribution in [-0.4, -0.2) is 49.2 Å². The maximum absolute atomic E-state index is 11.1. The summed E-state index contributed by atoms with van der Waals surface area (Å²) in [5.74, 6) is -1.44. The first-order valence-corrected chi connectivity index (χ1v) is 4.54. The van der Waals surface area contributed by atoms with Gasteiger partial charge in [0, 0.05) is 24.5 Å². The van der Waals surface area contributed by atoms with Gasteiger partial charge in [-0.2, -0.15) is 0 Å². The third-order valence-corrected chi connectivity index (χ3v) is 1.56. The van der Waals surface area contributed by atoms with Gasteiger partial charge in [-0.1, -0.05) is 5.11 Å². The van der Waals surface area contributed by atoms with E-state index in [1.165, 1.54) is 0 Å². The van der Waals surface area contributed by atoms with Gasteiger partial charge in [0.15, 0.2) is 0 Å². The minimum Gasteiger partial charge on any atom is -0.480 e. The lowest BCUT2D eigenvalue weighted by atomic mass is 10.3. The van der Waals surface area contributed by atoms with Crippen LogP contribution in [0.4, 0.5) is 0 Å². The fraction of sp³-hybridized carbons (Fsp3) is 0.714. The van der Waals surface area contributed by atoms with E-state index in [4.69, 9.17) is 16.4 Å². The SMILES string of the molecule is [N-]=[N+]=NCCNC(=O)CNC[C@H](N)C(=O)O. The maximum Gasteiger partial charge on any atom is 0.321 e. The Morgan fingerprint density at radius 3 is 2.81 bits per heavy atom. The van der Waals surface area contributed by atoms with E-state index in [2.05, 4.69) is 20.7 Å². The molecule has 0 saturated heterocycles. The molecule has 90 valence electrons. The third kappa shape index (κ3) is 7.56. The number of azide groups is 1. The maximum atomic E-state index is 11.1. The van der Waals surface area contributed by atoms with Gasteiger partial charge in [-0.3, -0.25) is 9.59 Å². The highest BCUT2D eigenvalue weighted by molar-refractivity contribution is 5.78. The van der Waals surface area contributed by atoms with Gasteiger partial charge in [0.25, 0.3) is 0 Å². The van der Waals surface area contributed by atoms with Gasteiger partial charge in [0.1, 0.15) is 6.04 Å². The summed E-state index contributed by atoms with van der Waals surface area (Å²) < 4.78 is 0. The zero-order valence-electron chi connectivity index (χ0n) is 8.59. The molecule has 5 N–H and O–H groups in total. The molecule has 0 bridgehead atoms. The van der Waals surface area contributed by atoms with Crippen molar-refractivity contribution in [3.63, 3.8) is 0 Å². The summed E-state index contributed by atoms with van der Waals surface area (Å²) in [7, 11) is 0. The Kier molecular flexibility index (Phi) is 7.51. The molecular weight excluding hydrogens is 216 g/mol. The minimum atomic E-state index is -1.13. The molecule has 0 aliphatic rings. The molecule has 9 nitrogen and oxygen atoms in total. The third-order valence-electron chi connectivity index (χ3n) is 1.56. The van der Waals surface area contributed by atoms with E-state index in [9.17, 15) is 9.59 Å². The number of carboxylic acids is 1. The van der Waals surface area contributed by atoms with Gasteiger partial charge in [-0.25, -0.2) is 0 Å². The van der Waals surface area contributed by atoms with Gasteiger partial charge in [0.2, 0.25) is 5.91 Å². The summed E-state index contributed by atoms with van der Waals surface area (Å²) in [5, 5.41) is 16.7. The number of rotatable bonds is 8. The number of nitrogens with two attached hydrogens (primary N) is 1. The van der Waals surface area contributed by atoms with Crippen LogP contribution in [0.5, 0.6) is 0 Å². The van der Waals surface area contributed by atoms with Gasteiger partial charge >= 0.3 is 5.97 Å². The van der Waals surface area contributed by atoms with Crippen LogP contribution in [0.3, 0.4) is 0 Å². The molecule has 0 heterocycles. The Balaban J connectivity index is 3.50. The summed E-state index contributed by atoms with van der Waals surface area (Å²) in [6.45, 7) is 0.406. The number of aliphatic carboxylic acids is 1. The van der Waals surface area contributed by atoms with E-state index in [-0.39, 0.29) is 32.1 Å². The lowest BCUT2D eigenvalue weighted by Crippen LogP contribution is -2.44. The fourth-order valence-electron chi connectivity index (χ4n) is 0.781. The Morgan fingerprint density at radius 2 is 2.25 bits per heavy atom. The molecule has 16 heavy (non-hydrogen) atoms. The summed E-state index contributed by atoms with van der Waals surface area (Å²) in [6, 6.07) is -1.03. The van der Waals surface area contributed by atoms with Crippen molar-refractivity contribution in [3.05, 3.63) is 10.4 Å². The van der Waals surface area contributed by atoms with Crippen LogP contribution in [-0.2, 0) is 9.59 Å². The second-order valence-electron chi connectivity index (χ2n) is 2.88. The van der Waals surface area contributed by atoms with Crippen LogP contribution in [0.1, 0.15) is 0 Å². The van der Waals surface area contributed by atoms with Crippen LogP contribution in [0.25, 0.3) is 10.4 Å². The Morgan fingerprint density at radius 1 is 1.56 bits per heavy atom. The van der Waals surface area contributed by atoms with Crippen LogP contribution in [0.2, 0.25) is 0 Å². The molecule has 0 aliphatic heterocycles. The Hall–Kier alpha value is -1.83. The first-order chi connectivity index (χ1) is 7.57. The van der Waals surface area contributed by atoms with Crippen LogP contribution in [0.15, 0.2) is 5.11 Å². The lowest BCUT2D eigenvalue weighted by molar-refractivity contribution is -0.138. The van der Waals surface area contributed by atoms with Gasteiger partial charge in [0.05, 0.1) is 6.54 Å². The van der Waals surface area contributed by atoms with E-state index < -0.39 is 12.0 Å². The van der Waals surface area contributed by atoms with Crippen molar-refractivity contribution < 1.29 is 14.7 Å². The van der Waals surface area contributed by atoms with Crippen molar-refractivity contribution >= 4 is 11.9 Å². The highest BCUT2D eigenvalue weighted by Gasteiger charge is 2.10. The number of hydrogen-bond acceptors (Lipinski definition) is 5. The monoisotopic (exact) mass is 230 g/mol. The zero-order chi connectivity index (χ0) is 12.4. The molecule has 0 aromatic heterocycles. The van der Waals surface area contributed by atoms with Crippen LogP contribution < -0.4 is 16.4 Å². The average molecular weight is 230 g/mol. The number of nitrogens with zero attached hydrogens (tertiary/aromatic N) is 3. The van der Waals surface area contributed by atoms with E-state index >= 15 is 0 Å². The average Bonchev–Trinajstić information content (AvgIpc) is 2.24. The van der Waals surface area contributed by atoms with E-state index in [1.54, 1.807) is 0 Å². The number of amides is 1. The first-order valence-electron chi connectivity index (χ1n) is 4.54. The molecule has 9 heteroatoms. The molecule has 0 aromatic rings. The predicted octanol–water partition coefficient (Wildman–Crippen LogP) is -1.59. The molecule has 1 amide bonds. The van der Waals surface area contributed by atoms with E-state index in [1.807, 2.05) is 0 Å². The smallest absolute Gasteiger partial charge is 0.321 e. The van der Waals surface area contributed by atoms with Gasteiger partial charge in [-0.05, 0) is 5.53 Å². The van der Waals surface area contributed by atoms with Crippen molar-refractivity contribution in [2.24, 2.45) is 10.8 Å². The molecule has 0 spiro atoms. The molecular formula is C7H14N6O3. The second kappa shape index (κ2) is 8.48.